The fourth-order valence-electron chi connectivity index (χ4n) is 4.16. The lowest BCUT2D eigenvalue weighted by Gasteiger charge is -2.52. The van der Waals surface area contributed by atoms with Gasteiger partial charge < -0.3 is 0 Å². The summed E-state index contributed by atoms with van der Waals surface area (Å²) in [6.07, 6.45) is 5.42. The number of likely N-dealkylation sites (tertiary alicyclic amines) is 1. The average molecular weight is 350 g/mol. The molecule has 2 saturated heterocycles. The standard InChI is InChI=1S/C21H26N4O/c1-16(2)18-7-5-17(6-8-18)13-24-12-3-9-21(14-24)15-25(19(21)26)20-22-10-4-11-23-20/h4-8,10-11,16H,3,9,12-15H2,1-2H3. The van der Waals surface area contributed by atoms with Crippen LogP contribution in [0.25, 0.3) is 0 Å². The first-order valence-electron chi connectivity index (χ1n) is 9.48. The van der Waals surface area contributed by atoms with Gasteiger partial charge in [0.15, 0.2) is 0 Å². The van der Waals surface area contributed by atoms with Gasteiger partial charge in [-0.05, 0) is 42.5 Å². The molecule has 1 atom stereocenters. The van der Waals surface area contributed by atoms with Gasteiger partial charge >= 0.3 is 0 Å². The van der Waals surface area contributed by atoms with Crippen LogP contribution < -0.4 is 4.90 Å². The van der Waals surface area contributed by atoms with Crippen LogP contribution in [0.4, 0.5) is 5.95 Å². The Labute approximate surface area is 155 Å². The number of amides is 1. The minimum Gasteiger partial charge on any atom is -0.298 e. The molecule has 5 nitrogen and oxygen atoms in total. The normalized spacial score (nSPS) is 23.5. The quantitative estimate of drug-likeness (QED) is 0.795. The van der Waals surface area contributed by atoms with Gasteiger partial charge in [0.25, 0.3) is 0 Å². The van der Waals surface area contributed by atoms with Crippen molar-refractivity contribution in [2.24, 2.45) is 5.41 Å². The SMILES string of the molecule is CC(C)c1ccc(CN2CCCC3(C2)CN(c2ncccn2)C3=O)cc1. The number of carbonyl (C=O) groups excluding carboxylic acids is 1. The van der Waals surface area contributed by atoms with Crippen LogP contribution in [0.15, 0.2) is 42.7 Å². The second-order valence-electron chi connectivity index (χ2n) is 7.93. The van der Waals surface area contributed by atoms with Gasteiger partial charge in [0, 0.05) is 32.0 Å². The molecule has 1 unspecified atom stereocenters. The van der Waals surface area contributed by atoms with E-state index in [1.54, 1.807) is 23.4 Å². The summed E-state index contributed by atoms with van der Waals surface area (Å²) in [5.74, 6) is 1.27. The fraction of sp³-hybridized carbons (Fsp3) is 0.476. The van der Waals surface area contributed by atoms with Crippen LogP contribution >= 0.6 is 0 Å². The molecule has 0 bridgehead atoms. The van der Waals surface area contributed by atoms with Gasteiger partial charge in [-0.25, -0.2) is 9.97 Å². The van der Waals surface area contributed by atoms with Crippen molar-refractivity contribution in [2.75, 3.05) is 24.5 Å². The highest BCUT2D eigenvalue weighted by Crippen LogP contribution is 2.41. The van der Waals surface area contributed by atoms with Gasteiger partial charge in [0.1, 0.15) is 0 Å². The first-order chi connectivity index (χ1) is 12.6. The Kier molecular flexibility index (Phi) is 4.49. The Morgan fingerprint density at radius 3 is 2.50 bits per heavy atom. The Balaban J connectivity index is 1.41. The van der Waals surface area contributed by atoms with Crippen molar-refractivity contribution in [3.63, 3.8) is 0 Å². The Hall–Kier alpha value is -2.27. The van der Waals surface area contributed by atoms with Gasteiger partial charge in [-0.15, -0.1) is 0 Å². The molecule has 4 rings (SSSR count). The summed E-state index contributed by atoms with van der Waals surface area (Å²) in [4.78, 5) is 25.5. The number of carbonyl (C=O) groups is 1. The summed E-state index contributed by atoms with van der Waals surface area (Å²) in [6.45, 7) is 7.97. The third kappa shape index (κ3) is 3.12. The molecular formula is C21H26N4O. The lowest BCUT2D eigenvalue weighted by Crippen LogP contribution is -2.67. The van der Waals surface area contributed by atoms with Crippen molar-refractivity contribution in [1.29, 1.82) is 0 Å². The highest BCUT2D eigenvalue weighted by molar-refractivity contribution is 6.03. The van der Waals surface area contributed by atoms with Crippen molar-refractivity contribution in [2.45, 2.75) is 39.2 Å². The van der Waals surface area contributed by atoms with Crippen LogP contribution in [0.2, 0.25) is 0 Å². The molecule has 0 radical (unpaired) electrons. The first kappa shape index (κ1) is 17.2. The van der Waals surface area contributed by atoms with E-state index in [1.165, 1.54) is 11.1 Å². The van der Waals surface area contributed by atoms with Crippen LogP contribution in [0.5, 0.6) is 0 Å². The summed E-state index contributed by atoms with van der Waals surface area (Å²) >= 11 is 0. The molecule has 0 N–H and O–H groups in total. The van der Waals surface area contributed by atoms with Crippen molar-refractivity contribution < 1.29 is 4.79 Å². The van der Waals surface area contributed by atoms with Crippen LogP contribution in [-0.4, -0.2) is 40.4 Å². The average Bonchev–Trinajstić information content (AvgIpc) is 2.67. The molecule has 1 spiro atoms. The van der Waals surface area contributed by atoms with Gasteiger partial charge in [-0.2, -0.15) is 0 Å². The topological polar surface area (TPSA) is 49.3 Å². The van der Waals surface area contributed by atoms with Gasteiger partial charge in [0.05, 0.1) is 5.41 Å². The number of nitrogens with zero attached hydrogens (tertiary/aromatic N) is 4. The molecule has 26 heavy (non-hydrogen) atoms. The maximum absolute atomic E-state index is 12.9. The van der Waals surface area contributed by atoms with Crippen molar-refractivity contribution in [3.8, 4) is 0 Å². The number of piperidine rings is 1. The number of anilines is 1. The van der Waals surface area contributed by atoms with E-state index in [0.29, 0.717) is 11.9 Å². The lowest BCUT2D eigenvalue weighted by molar-refractivity contribution is -0.139. The molecule has 1 aromatic heterocycles. The Morgan fingerprint density at radius 2 is 1.85 bits per heavy atom. The maximum atomic E-state index is 12.9. The molecule has 2 aromatic rings. The first-order valence-corrected chi connectivity index (χ1v) is 9.48. The largest absolute Gasteiger partial charge is 0.298 e. The van der Waals surface area contributed by atoms with Crippen molar-refractivity contribution in [3.05, 3.63) is 53.9 Å². The van der Waals surface area contributed by atoms with E-state index in [0.717, 1.165) is 39.0 Å². The third-order valence-corrected chi connectivity index (χ3v) is 5.66. The second-order valence-corrected chi connectivity index (χ2v) is 7.93. The summed E-state index contributed by atoms with van der Waals surface area (Å²) in [6, 6.07) is 10.7. The number of rotatable bonds is 4. The van der Waals surface area contributed by atoms with Crippen molar-refractivity contribution in [1.82, 2.24) is 14.9 Å². The number of benzene rings is 1. The predicted molar refractivity (Wildman–Crippen MR) is 102 cm³/mol. The lowest BCUT2D eigenvalue weighted by atomic mass is 9.72. The van der Waals surface area contributed by atoms with Gasteiger partial charge in [0.2, 0.25) is 11.9 Å². The third-order valence-electron chi connectivity index (χ3n) is 5.66. The van der Waals surface area contributed by atoms with Crippen molar-refractivity contribution >= 4 is 11.9 Å². The maximum Gasteiger partial charge on any atom is 0.238 e. The van der Waals surface area contributed by atoms with Gasteiger partial charge in [-0.1, -0.05) is 38.1 Å². The number of β-lactam (4-membered cyclic amide) rings is 1. The zero-order chi connectivity index (χ0) is 18.1. The molecule has 136 valence electrons. The molecule has 1 aromatic carbocycles. The molecule has 1 amide bonds. The molecule has 3 heterocycles. The summed E-state index contributed by atoms with van der Waals surface area (Å²) < 4.78 is 0. The van der Waals surface area contributed by atoms with E-state index in [1.807, 2.05) is 0 Å². The van der Waals surface area contributed by atoms with E-state index in [4.69, 9.17) is 0 Å². The van der Waals surface area contributed by atoms with Crippen LogP contribution in [0.1, 0.15) is 43.7 Å². The molecule has 0 aliphatic carbocycles. The smallest absolute Gasteiger partial charge is 0.238 e. The fourth-order valence-corrected chi connectivity index (χ4v) is 4.16. The zero-order valence-corrected chi connectivity index (χ0v) is 15.6. The minimum absolute atomic E-state index is 0.184. The van der Waals surface area contributed by atoms with Crippen LogP contribution in [0.3, 0.4) is 0 Å². The number of hydrogen-bond donors (Lipinski definition) is 0. The highest BCUT2D eigenvalue weighted by atomic mass is 16.2. The van der Waals surface area contributed by atoms with Gasteiger partial charge in [-0.3, -0.25) is 14.6 Å². The van der Waals surface area contributed by atoms with E-state index in [-0.39, 0.29) is 11.3 Å². The Bertz CT molecular complexity index is 774. The second kappa shape index (κ2) is 6.80. The van der Waals surface area contributed by atoms with E-state index < -0.39 is 0 Å². The zero-order valence-electron chi connectivity index (χ0n) is 15.6. The molecule has 5 heteroatoms. The predicted octanol–water partition coefficient (Wildman–Crippen LogP) is 3.23. The molecule has 2 aliphatic heterocycles. The number of hydrogen-bond acceptors (Lipinski definition) is 4. The molecule has 2 aliphatic rings. The van der Waals surface area contributed by atoms with Crippen LogP contribution in [-0.2, 0) is 11.3 Å². The highest BCUT2D eigenvalue weighted by Gasteiger charge is 2.54. The Morgan fingerprint density at radius 1 is 1.12 bits per heavy atom. The van der Waals surface area contributed by atoms with E-state index >= 15 is 0 Å². The summed E-state index contributed by atoms with van der Waals surface area (Å²) in [5, 5.41) is 0. The molecule has 0 saturated carbocycles. The van der Waals surface area contributed by atoms with E-state index in [2.05, 4.69) is 53.0 Å². The summed E-state index contributed by atoms with van der Waals surface area (Å²) in [5.41, 5.74) is 2.45. The number of aromatic nitrogens is 2. The molecular weight excluding hydrogens is 324 g/mol. The molecule has 2 fully saturated rings. The minimum atomic E-state index is -0.241. The van der Waals surface area contributed by atoms with Crippen LogP contribution in [0, 0.1) is 5.41 Å². The van der Waals surface area contributed by atoms with E-state index in [9.17, 15) is 4.79 Å². The summed E-state index contributed by atoms with van der Waals surface area (Å²) in [7, 11) is 0. The monoisotopic (exact) mass is 350 g/mol.